The van der Waals surface area contributed by atoms with Crippen molar-refractivity contribution in [2.75, 3.05) is 12.3 Å². The molecule has 1 heterocycles. The lowest BCUT2D eigenvalue weighted by atomic mass is 10.1. The van der Waals surface area contributed by atoms with E-state index in [1.807, 2.05) is 0 Å². The van der Waals surface area contributed by atoms with Gasteiger partial charge in [-0.2, -0.15) is 0 Å². The molecule has 0 amide bonds. The number of pyridine rings is 1. The van der Waals surface area contributed by atoms with Crippen LogP contribution in [0.1, 0.15) is 29.3 Å². The number of anilines is 1. The van der Waals surface area contributed by atoms with Crippen molar-refractivity contribution in [2.24, 2.45) is 0 Å². The maximum absolute atomic E-state index is 12.7. The van der Waals surface area contributed by atoms with Crippen LogP contribution < -0.4 is 5.73 Å². The summed E-state index contributed by atoms with van der Waals surface area (Å²) in [6.45, 7) is 1.70. The van der Waals surface area contributed by atoms with E-state index >= 15 is 0 Å². The van der Waals surface area contributed by atoms with Crippen molar-refractivity contribution in [3.8, 4) is 0 Å². The number of carbonyl (C=O) groups is 1. The van der Waals surface area contributed by atoms with Gasteiger partial charge in [-0.1, -0.05) is 0 Å². The lowest BCUT2D eigenvalue weighted by Crippen LogP contribution is -2.12. The largest absolute Gasteiger partial charge is 0.462 e. The molecule has 16 heavy (non-hydrogen) atoms. The number of esters is 1. The van der Waals surface area contributed by atoms with E-state index in [0.717, 1.165) is 0 Å². The van der Waals surface area contributed by atoms with Gasteiger partial charge in [0.1, 0.15) is 9.52 Å². The SMILES string of the molecule is CCOC(=O)c1cc(I)nc(N)c1C(F)F. The summed E-state index contributed by atoms with van der Waals surface area (Å²) in [5.41, 5.74) is 4.55. The Kier molecular flexibility index (Phi) is 4.39. The molecule has 0 unspecified atom stereocenters. The van der Waals surface area contributed by atoms with Gasteiger partial charge >= 0.3 is 5.97 Å². The van der Waals surface area contributed by atoms with E-state index in [-0.39, 0.29) is 18.0 Å². The second-order valence-corrected chi connectivity index (χ2v) is 3.92. The quantitative estimate of drug-likeness (QED) is 0.520. The molecule has 2 N–H and O–H groups in total. The van der Waals surface area contributed by atoms with Crippen molar-refractivity contribution in [2.45, 2.75) is 13.3 Å². The number of nitrogens with two attached hydrogens (primary N) is 1. The molecule has 0 fully saturated rings. The van der Waals surface area contributed by atoms with Crippen molar-refractivity contribution in [1.82, 2.24) is 4.98 Å². The summed E-state index contributed by atoms with van der Waals surface area (Å²) in [6.07, 6.45) is -2.86. The van der Waals surface area contributed by atoms with Crippen LogP contribution in [0.15, 0.2) is 6.07 Å². The highest BCUT2D eigenvalue weighted by Gasteiger charge is 2.23. The standard InChI is InChI=1S/C9H9F2IN2O2/c1-2-16-9(15)4-3-5(12)14-8(13)6(4)7(10)11/h3,7H,2H2,1H3,(H2,13,14). The van der Waals surface area contributed by atoms with Crippen LogP contribution in [0.4, 0.5) is 14.6 Å². The van der Waals surface area contributed by atoms with E-state index in [2.05, 4.69) is 9.72 Å². The number of ether oxygens (including phenoxy) is 1. The van der Waals surface area contributed by atoms with Gasteiger partial charge in [0.25, 0.3) is 6.43 Å². The van der Waals surface area contributed by atoms with Crippen molar-refractivity contribution < 1.29 is 18.3 Å². The van der Waals surface area contributed by atoms with Crippen LogP contribution in [0, 0.1) is 3.70 Å². The molecule has 0 spiro atoms. The van der Waals surface area contributed by atoms with Crippen molar-refractivity contribution >= 4 is 34.4 Å². The fourth-order valence-corrected chi connectivity index (χ4v) is 1.72. The van der Waals surface area contributed by atoms with E-state index in [0.29, 0.717) is 3.70 Å². The van der Waals surface area contributed by atoms with Gasteiger partial charge in [0, 0.05) is 0 Å². The van der Waals surface area contributed by atoms with Crippen LogP contribution in [-0.2, 0) is 4.74 Å². The van der Waals surface area contributed by atoms with Gasteiger partial charge in [-0.15, -0.1) is 0 Å². The second kappa shape index (κ2) is 5.37. The minimum Gasteiger partial charge on any atom is -0.462 e. The van der Waals surface area contributed by atoms with Crippen LogP contribution in [0.3, 0.4) is 0 Å². The average molecular weight is 342 g/mol. The highest BCUT2D eigenvalue weighted by Crippen LogP contribution is 2.29. The van der Waals surface area contributed by atoms with Crippen LogP contribution in [0.5, 0.6) is 0 Å². The predicted molar refractivity (Wildman–Crippen MR) is 62.3 cm³/mol. The summed E-state index contributed by atoms with van der Waals surface area (Å²) < 4.78 is 30.4. The zero-order valence-electron chi connectivity index (χ0n) is 8.34. The maximum atomic E-state index is 12.7. The van der Waals surface area contributed by atoms with E-state index in [1.54, 1.807) is 29.5 Å². The number of nitrogen functional groups attached to an aromatic ring is 1. The fraction of sp³-hybridized carbons (Fsp3) is 0.333. The summed E-state index contributed by atoms with van der Waals surface area (Å²) in [5, 5.41) is 0. The Morgan fingerprint density at radius 2 is 2.31 bits per heavy atom. The molecule has 1 rings (SSSR count). The Balaban J connectivity index is 3.29. The number of nitrogens with zero attached hydrogens (tertiary/aromatic N) is 1. The number of halogens is 3. The Bertz CT molecular complexity index is 413. The molecular weight excluding hydrogens is 333 g/mol. The van der Waals surface area contributed by atoms with Gasteiger partial charge in [-0.3, -0.25) is 0 Å². The molecule has 88 valence electrons. The molecule has 0 saturated carbocycles. The molecule has 0 aliphatic rings. The maximum Gasteiger partial charge on any atom is 0.338 e. The second-order valence-electron chi connectivity index (χ2n) is 2.81. The number of rotatable bonds is 3. The molecule has 0 saturated heterocycles. The number of carbonyl (C=O) groups excluding carboxylic acids is 1. The Labute approximate surface area is 104 Å². The van der Waals surface area contributed by atoms with Gasteiger partial charge in [0.2, 0.25) is 0 Å². The summed E-state index contributed by atoms with van der Waals surface area (Å²) >= 11 is 1.79. The molecule has 7 heteroatoms. The lowest BCUT2D eigenvalue weighted by Gasteiger charge is -2.10. The molecule has 0 bridgehead atoms. The van der Waals surface area contributed by atoms with Crippen molar-refractivity contribution in [1.29, 1.82) is 0 Å². The lowest BCUT2D eigenvalue weighted by molar-refractivity contribution is 0.0515. The van der Waals surface area contributed by atoms with Crippen molar-refractivity contribution in [3.05, 3.63) is 20.9 Å². The summed E-state index contributed by atoms with van der Waals surface area (Å²) in [6, 6.07) is 1.23. The zero-order valence-corrected chi connectivity index (χ0v) is 10.5. The molecule has 1 aromatic heterocycles. The monoisotopic (exact) mass is 342 g/mol. The summed E-state index contributed by atoms with van der Waals surface area (Å²) in [7, 11) is 0. The predicted octanol–water partition coefficient (Wildman–Crippen LogP) is 2.38. The summed E-state index contributed by atoms with van der Waals surface area (Å²) in [5.74, 6) is -1.16. The van der Waals surface area contributed by atoms with Crippen molar-refractivity contribution in [3.63, 3.8) is 0 Å². The van der Waals surface area contributed by atoms with Crippen LogP contribution in [0.2, 0.25) is 0 Å². The molecule has 4 nitrogen and oxygen atoms in total. The third-order valence-corrected chi connectivity index (χ3v) is 2.32. The van der Waals surface area contributed by atoms with Gasteiger partial charge in [-0.05, 0) is 35.6 Å². The zero-order chi connectivity index (χ0) is 12.3. The molecule has 0 atom stereocenters. The van der Waals surface area contributed by atoms with E-state index < -0.39 is 18.0 Å². The average Bonchev–Trinajstić information content (AvgIpc) is 2.15. The first-order valence-corrected chi connectivity index (χ1v) is 5.46. The first-order chi connectivity index (χ1) is 7.47. The molecule has 0 aromatic carbocycles. The van der Waals surface area contributed by atoms with Crippen LogP contribution in [-0.4, -0.2) is 17.6 Å². The smallest absolute Gasteiger partial charge is 0.338 e. The van der Waals surface area contributed by atoms with E-state index in [9.17, 15) is 13.6 Å². The Morgan fingerprint density at radius 1 is 1.69 bits per heavy atom. The third-order valence-electron chi connectivity index (χ3n) is 1.77. The normalized spacial score (nSPS) is 10.6. The topological polar surface area (TPSA) is 65.2 Å². The number of hydrogen-bond acceptors (Lipinski definition) is 4. The van der Waals surface area contributed by atoms with Crippen LogP contribution in [0.25, 0.3) is 0 Å². The van der Waals surface area contributed by atoms with Gasteiger partial charge in [0.05, 0.1) is 17.7 Å². The number of hydrogen-bond donors (Lipinski definition) is 1. The highest BCUT2D eigenvalue weighted by atomic mass is 127. The van der Waals surface area contributed by atoms with Gasteiger partial charge < -0.3 is 10.5 Å². The molecule has 0 aliphatic carbocycles. The first-order valence-electron chi connectivity index (χ1n) is 4.38. The van der Waals surface area contributed by atoms with E-state index in [4.69, 9.17) is 5.73 Å². The molecule has 1 aromatic rings. The molecule has 0 aliphatic heterocycles. The van der Waals surface area contributed by atoms with Gasteiger partial charge in [-0.25, -0.2) is 18.6 Å². The van der Waals surface area contributed by atoms with E-state index in [1.165, 1.54) is 6.07 Å². The summed E-state index contributed by atoms with van der Waals surface area (Å²) in [4.78, 5) is 15.1. The molecular formula is C9H9F2IN2O2. The molecule has 0 radical (unpaired) electrons. The highest BCUT2D eigenvalue weighted by molar-refractivity contribution is 14.1. The fourth-order valence-electron chi connectivity index (χ4n) is 1.15. The first kappa shape index (κ1) is 13.1. The Morgan fingerprint density at radius 3 is 2.81 bits per heavy atom. The van der Waals surface area contributed by atoms with Crippen LogP contribution >= 0.6 is 22.6 Å². The minimum absolute atomic E-state index is 0.111. The number of alkyl halides is 2. The third kappa shape index (κ3) is 2.77. The number of aromatic nitrogens is 1. The van der Waals surface area contributed by atoms with Gasteiger partial charge in [0.15, 0.2) is 0 Å². The minimum atomic E-state index is -2.86. The Hall–Kier alpha value is -0.990.